The molecular formula is C67H108O16P2. The van der Waals surface area contributed by atoms with Gasteiger partial charge in [-0.2, -0.15) is 0 Å². The summed E-state index contributed by atoms with van der Waals surface area (Å²) in [6.45, 7) is 2.19. The van der Waals surface area contributed by atoms with Gasteiger partial charge in [-0.15, -0.1) is 0 Å². The van der Waals surface area contributed by atoms with Gasteiger partial charge in [0.1, 0.15) is 25.4 Å². The molecule has 482 valence electrons. The van der Waals surface area contributed by atoms with Gasteiger partial charge in [0.05, 0.1) is 26.4 Å². The maximum Gasteiger partial charge on any atom is 0.472 e. The molecule has 18 heteroatoms. The highest BCUT2D eigenvalue weighted by Crippen LogP contribution is 2.45. The van der Waals surface area contributed by atoms with E-state index < -0.39 is 91.5 Å². The van der Waals surface area contributed by atoms with Gasteiger partial charge < -0.3 is 34.2 Å². The molecule has 5 atom stereocenters. The molecule has 0 aromatic rings. The minimum absolute atomic E-state index is 0.0698. The van der Waals surface area contributed by atoms with Crippen LogP contribution >= 0.6 is 15.6 Å². The standard InChI is InChI=1S/C67H108O16P2/c1-4-7-10-13-16-19-22-25-27-29-30-32-34-36-38-41-44-47-50-53-65(70)77-56-62(68)57-79-84(73,74)80-58-63(69)59-81-85(75,76)82-61-64(83-67(72)55-52-49-46-43-40-35-24-21-18-15-12-9-6-3)60-78-66(71)54-51-48-45-42-39-37-33-31-28-26-23-20-17-14-11-8-5-2/h7-8,10-12,15-17,19-21,24-28,30,32-33,36-38,42,45,62-64,68-69H,4-6,9,13-14,18,22-23,29,31,34-35,39-41,43-44,46-61H2,1-3H3,(H,73,74)(H,75,76)/b10-7-,11-8-,15-12-,19-16-,20-17-,24-21-,27-25-,28-26-,32-30-,37-33-,38-36-,45-42-. The molecule has 0 rings (SSSR count). The first-order valence-corrected chi connectivity index (χ1v) is 34.1. The average molecular weight is 1230 g/mol. The molecule has 0 aliphatic rings. The summed E-state index contributed by atoms with van der Waals surface area (Å²) in [4.78, 5) is 58.1. The number of unbranched alkanes of at least 4 members (excludes halogenated alkanes) is 10. The van der Waals surface area contributed by atoms with Crippen LogP contribution in [0, 0.1) is 0 Å². The molecule has 0 bridgehead atoms. The van der Waals surface area contributed by atoms with E-state index in [9.17, 15) is 43.5 Å². The second-order valence-corrected chi connectivity index (χ2v) is 23.0. The van der Waals surface area contributed by atoms with Crippen LogP contribution in [0.1, 0.15) is 201 Å². The van der Waals surface area contributed by atoms with E-state index in [1.54, 1.807) is 0 Å². The van der Waals surface area contributed by atoms with Crippen molar-refractivity contribution in [3.63, 3.8) is 0 Å². The van der Waals surface area contributed by atoms with Crippen molar-refractivity contribution in [3.05, 3.63) is 146 Å². The van der Waals surface area contributed by atoms with E-state index in [1.807, 2.05) is 12.2 Å². The quantitative estimate of drug-likeness (QED) is 0.0146. The molecule has 0 aliphatic heterocycles. The molecule has 0 fully saturated rings. The van der Waals surface area contributed by atoms with Gasteiger partial charge >= 0.3 is 33.6 Å². The molecular weight excluding hydrogens is 1120 g/mol. The van der Waals surface area contributed by atoms with Gasteiger partial charge in [-0.3, -0.25) is 32.5 Å². The molecule has 0 heterocycles. The lowest BCUT2D eigenvalue weighted by Crippen LogP contribution is -2.30. The van der Waals surface area contributed by atoms with Gasteiger partial charge in [0.25, 0.3) is 0 Å². The molecule has 0 aromatic carbocycles. The predicted octanol–water partition coefficient (Wildman–Crippen LogP) is 16.6. The van der Waals surface area contributed by atoms with Gasteiger partial charge in [-0.05, 0) is 128 Å². The van der Waals surface area contributed by atoms with E-state index in [1.165, 1.54) is 0 Å². The summed E-state index contributed by atoms with van der Waals surface area (Å²) >= 11 is 0. The first kappa shape index (κ1) is 80.4. The number of hydrogen-bond donors (Lipinski definition) is 4. The van der Waals surface area contributed by atoms with Crippen LogP contribution in [0.4, 0.5) is 0 Å². The predicted molar refractivity (Wildman–Crippen MR) is 343 cm³/mol. The third-order valence-corrected chi connectivity index (χ3v) is 13.9. The van der Waals surface area contributed by atoms with Crippen LogP contribution in [0.5, 0.6) is 0 Å². The summed E-state index contributed by atoms with van der Waals surface area (Å²) in [5.41, 5.74) is 0. The van der Waals surface area contributed by atoms with E-state index >= 15 is 0 Å². The number of allylic oxidation sites excluding steroid dienone is 24. The van der Waals surface area contributed by atoms with Crippen molar-refractivity contribution in [2.45, 2.75) is 219 Å². The van der Waals surface area contributed by atoms with E-state index in [-0.39, 0.29) is 19.3 Å². The topological polar surface area (TPSA) is 231 Å². The Kier molecular flexibility index (Phi) is 56.5. The fraction of sp³-hybridized carbons (Fsp3) is 0.597. The first-order chi connectivity index (χ1) is 41.2. The van der Waals surface area contributed by atoms with Crippen molar-refractivity contribution in [2.24, 2.45) is 0 Å². The molecule has 4 N–H and O–H groups in total. The van der Waals surface area contributed by atoms with Gasteiger partial charge in [-0.1, -0.05) is 199 Å². The van der Waals surface area contributed by atoms with Crippen LogP contribution in [0.2, 0.25) is 0 Å². The summed E-state index contributed by atoms with van der Waals surface area (Å²) in [5.74, 6) is -1.71. The molecule has 5 unspecified atom stereocenters. The minimum atomic E-state index is -4.94. The minimum Gasteiger partial charge on any atom is -0.463 e. The van der Waals surface area contributed by atoms with Gasteiger partial charge in [-0.25, -0.2) is 9.13 Å². The van der Waals surface area contributed by atoms with Crippen molar-refractivity contribution < 1.29 is 75.8 Å². The Morgan fingerprint density at radius 3 is 1.05 bits per heavy atom. The molecule has 0 aromatic heterocycles. The van der Waals surface area contributed by atoms with Crippen molar-refractivity contribution in [1.29, 1.82) is 0 Å². The van der Waals surface area contributed by atoms with Crippen molar-refractivity contribution in [2.75, 3.05) is 39.6 Å². The largest absolute Gasteiger partial charge is 0.472 e. The molecule has 0 radical (unpaired) electrons. The van der Waals surface area contributed by atoms with Crippen LogP contribution in [0.15, 0.2) is 146 Å². The first-order valence-electron chi connectivity index (χ1n) is 31.1. The van der Waals surface area contributed by atoms with Crippen LogP contribution in [-0.2, 0) is 55.8 Å². The number of carbonyl (C=O) groups excluding carboxylic acids is 3. The number of aliphatic hydroxyl groups is 2. The molecule has 0 aliphatic carbocycles. The fourth-order valence-corrected chi connectivity index (χ4v) is 8.90. The number of rotatable bonds is 57. The Hall–Kier alpha value is -4.57. The molecule has 0 saturated carbocycles. The summed E-state index contributed by atoms with van der Waals surface area (Å²) in [6, 6.07) is 0. The Morgan fingerprint density at radius 2 is 0.635 bits per heavy atom. The van der Waals surface area contributed by atoms with Crippen molar-refractivity contribution in [3.8, 4) is 0 Å². The van der Waals surface area contributed by atoms with E-state index in [4.69, 9.17) is 32.3 Å². The summed E-state index contributed by atoms with van der Waals surface area (Å²) < 4.78 is 60.6. The lowest BCUT2D eigenvalue weighted by molar-refractivity contribution is -0.161. The Labute approximate surface area is 511 Å². The third-order valence-electron chi connectivity index (χ3n) is 12.0. The highest BCUT2D eigenvalue weighted by atomic mass is 31.2. The summed E-state index contributed by atoms with van der Waals surface area (Å²) in [7, 11) is -9.81. The van der Waals surface area contributed by atoms with Gasteiger partial charge in [0.15, 0.2) is 6.10 Å². The van der Waals surface area contributed by atoms with E-state index in [0.717, 1.165) is 135 Å². The Morgan fingerprint density at radius 1 is 0.341 bits per heavy atom. The van der Waals surface area contributed by atoms with Crippen molar-refractivity contribution >= 4 is 33.6 Å². The monoisotopic (exact) mass is 1230 g/mol. The SMILES string of the molecule is CC/C=C\C/C=C\C/C=C\C/C=C\C/C=C\CCCCCC(=O)OCC(O)COP(=O)(O)OCC(O)COP(=O)(O)OCC(COC(=O)CCC/C=C\C/C=C\C/C=C\C/C=C\C/C=C\CC)OC(=O)CCCCCCC/C=C\C/C=C\CCC. The maximum absolute atomic E-state index is 12.9. The number of hydrogen-bond acceptors (Lipinski definition) is 14. The molecule has 0 saturated heterocycles. The normalized spacial score (nSPS) is 15.3. The highest BCUT2D eigenvalue weighted by Gasteiger charge is 2.29. The fourth-order valence-electron chi connectivity index (χ4n) is 7.31. The smallest absolute Gasteiger partial charge is 0.463 e. The van der Waals surface area contributed by atoms with Crippen LogP contribution in [-0.4, -0.2) is 95.9 Å². The lowest BCUT2D eigenvalue weighted by atomic mass is 10.1. The summed E-state index contributed by atoms with van der Waals surface area (Å²) in [5, 5.41) is 20.5. The van der Waals surface area contributed by atoms with Crippen molar-refractivity contribution in [1.82, 2.24) is 0 Å². The maximum atomic E-state index is 12.9. The third kappa shape index (κ3) is 60.9. The highest BCUT2D eigenvalue weighted by molar-refractivity contribution is 7.47. The van der Waals surface area contributed by atoms with E-state index in [2.05, 4.69) is 154 Å². The lowest BCUT2D eigenvalue weighted by Gasteiger charge is -2.21. The van der Waals surface area contributed by atoms with E-state index in [0.29, 0.717) is 25.7 Å². The van der Waals surface area contributed by atoms with Crippen LogP contribution in [0.3, 0.4) is 0 Å². The Bertz CT molecular complexity index is 2130. The zero-order valence-electron chi connectivity index (χ0n) is 51.7. The second kappa shape index (κ2) is 59.7. The second-order valence-electron chi connectivity index (χ2n) is 20.1. The summed E-state index contributed by atoms with van der Waals surface area (Å²) in [6.07, 6.45) is 69.2. The number of phosphoric ester groups is 2. The molecule has 85 heavy (non-hydrogen) atoms. The average Bonchev–Trinajstić information content (AvgIpc) is 3.51. The zero-order valence-corrected chi connectivity index (χ0v) is 53.5. The zero-order chi connectivity index (χ0) is 62.4. The number of carbonyl (C=O) groups is 3. The van der Waals surface area contributed by atoms with Crippen LogP contribution < -0.4 is 0 Å². The molecule has 0 spiro atoms. The van der Waals surface area contributed by atoms with Gasteiger partial charge in [0, 0.05) is 19.3 Å². The molecule has 16 nitrogen and oxygen atoms in total. The van der Waals surface area contributed by atoms with Gasteiger partial charge in [0.2, 0.25) is 0 Å². The number of aliphatic hydroxyl groups excluding tert-OH is 2. The number of phosphoric acid groups is 2. The number of ether oxygens (including phenoxy) is 3. The van der Waals surface area contributed by atoms with Crippen LogP contribution in [0.25, 0.3) is 0 Å². The number of esters is 3. The Balaban J connectivity index is 4.77. The molecule has 0 amide bonds.